The van der Waals surface area contributed by atoms with Crippen LogP contribution < -0.4 is 14.5 Å². The molecule has 9 nitrogen and oxygen atoms in total. The first-order valence-corrected chi connectivity index (χ1v) is 18.4. The van der Waals surface area contributed by atoms with Gasteiger partial charge in [0.15, 0.2) is 17.3 Å². The zero-order chi connectivity index (χ0) is 36.6. The van der Waals surface area contributed by atoms with Gasteiger partial charge in [-0.3, -0.25) is 28.9 Å². The smallest absolute Gasteiger partial charge is 0.246 e. The van der Waals surface area contributed by atoms with Crippen molar-refractivity contribution in [3.63, 3.8) is 0 Å². The summed E-state index contributed by atoms with van der Waals surface area (Å²) in [6.45, 7) is 1.45. The van der Waals surface area contributed by atoms with E-state index in [1.54, 1.807) is 60.7 Å². The SMILES string of the molecule is COc1cc([C@H]2C3=CC[C@@H]4C(=O)N(c5ccc(C(C)=O)cc5)C(=O)[C@@H]4[C@@H]3C[C@H]3C(=O)N(c4cccc(Cl)c4)C(=O)[C@@]23c2ccccc2)cc(I)c1O. The number of allylic oxidation sites excluding steroid dienone is 2. The highest BCUT2D eigenvalue weighted by atomic mass is 127. The van der Waals surface area contributed by atoms with Crippen LogP contribution in [0.2, 0.25) is 5.02 Å². The summed E-state index contributed by atoms with van der Waals surface area (Å²) < 4.78 is 6.09. The van der Waals surface area contributed by atoms with E-state index in [1.165, 1.54) is 23.8 Å². The van der Waals surface area contributed by atoms with Crippen molar-refractivity contribution in [3.05, 3.63) is 128 Å². The number of benzene rings is 4. The first-order valence-electron chi connectivity index (χ1n) is 16.9. The van der Waals surface area contributed by atoms with Crippen LogP contribution in [-0.4, -0.2) is 41.6 Å². The van der Waals surface area contributed by atoms with Gasteiger partial charge >= 0.3 is 0 Å². The molecule has 2 aliphatic carbocycles. The minimum atomic E-state index is -1.46. The van der Waals surface area contributed by atoms with E-state index in [0.717, 1.165) is 5.57 Å². The fourth-order valence-corrected chi connectivity index (χ4v) is 9.94. The van der Waals surface area contributed by atoms with Gasteiger partial charge in [-0.15, -0.1) is 0 Å². The lowest BCUT2D eigenvalue weighted by Gasteiger charge is -2.50. The molecule has 0 bridgehead atoms. The number of ether oxygens (including phenoxy) is 1. The summed E-state index contributed by atoms with van der Waals surface area (Å²) in [5.74, 6) is -5.31. The average Bonchev–Trinajstić information content (AvgIpc) is 3.53. The molecule has 4 aromatic carbocycles. The number of hydrogen-bond acceptors (Lipinski definition) is 7. The zero-order valence-electron chi connectivity index (χ0n) is 28.1. The molecule has 1 N–H and O–H groups in total. The highest BCUT2D eigenvalue weighted by Gasteiger charge is 2.70. The van der Waals surface area contributed by atoms with E-state index < -0.39 is 46.8 Å². The lowest BCUT2D eigenvalue weighted by atomic mass is 9.49. The molecule has 4 amide bonds. The summed E-state index contributed by atoms with van der Waals surface area (Å²) in [6, 6.07) is 25.8. The lowest BCUT2D eigenvalue weighted by molar-refractivity contribution is -0.127. The minimum absolute atomic E-state index is 0.0559. The summed E-state index contributed by atoms with van der Waals surface area (Å²) in [5, 5.41) is 11.3. The first kappa shape index (κ1) is 34.3. The first-order chi connectivity index (χ1) is 25.0. The number of hydrogen-bond donors (Lipinski definition) is 1. The quantitative estimate of drug-likeness (QED) is 0.0943. The van der Waals surface area contributed by atoms with Crippen LogP contribution in [0.25, 0.3) is 0 Å². The van der Waals surface area contributed by atoms with Gasteiger partial charge in [0.05, 0.1) is 45.2 Å². The molecule has 262 valence electrons. The van der Waals surface area contributed by atoms with Crippen LogP contribution in [0.4, 0.5) is 11.4 Å². The Bertz CT molecular complexity index is 2240. The molecule has 3 fully saturated rings. The molecule has 1 saturated carbocycles. The van der Waals surface area contributed by atoms with E-state index in [2.05, 4.69) is 0 Å². The molecule has 2 heterocycles. The summed E-state index contributed by atoms with van der Waals surface area (Å²) in [7, 11) is 1.45. The van der Waals surface area contributed by atoms with Gasteiger partial charge in [-0.1, -0.05) is 59.6 Å². The second kappa shape index (κ2) is 12.7. The number of phenols is 1. The molecule has 0 aromatic heterocycles. The maximum absolute atomic E-state index is 15.4. The zero-order valence-corrected chi connectivity index (χ0v) is 31.0. The molecule has 0 unspecified atom stereocenters. The van der Waals surface area contributed by atoms with Gasteiger partial charge in [0, 0.05) is 16.5 Å². The van der Waals surface area contributed by atoms with E-state index >= 15 is 4.79 Å². The van der Waals surface area contributed by atoms with Crippen LogP contribution in [0, 0.1) is 27.2 Å². The third kappa shape index (κ3) is 4.90. The Morgan fingerprint density at radius 1 is 0.865 bits per heavy atom. The number of nitrogens with zero attached hydrogens (tertiary/aromatic N) is 2. The number of ketones is 1. The standard InChI is InChI=1S/C41H32ClIN2O7/c1-21(46)22-11-13-26(14-12-22)44-37(48)29-16-15-28-30(34(29)39(44)50)20-31-38(49)45(27-10-6-9-25(42)19-27)40(51)41(31,24-7-4-3-5-8-24)35(28)23-17-32(43)36(47)33(18-23)52-2/h3-15,17-19,29-31,34-35,47H,16,20H2,1-2H3/t29-,30+,31-,34-,35-,41+/m0/s1. The van der Waals surface area contributed by atoms with Crippen LogP contribution >= 0.6 is 34.2 Å². The molecule has 11 heteroatoms. The lowest BCUT2D eigenvalue weighted by Crippen LogP contribution is -2.53. The Balaban J connectivity index is 1.35. The van der Waals surface area contributed by atoms with Gasteiger partial charge in [0.25, 0.3) is 0 Å². The number of carbonyl (C=O) groups is 5. The summed E-state index contributed by atoms with van der Waals surface area (Å²) in [6.07, 6.45) is 2.38. The third-order valence-corrected chi connectivity index (χ3v) is 12.4. The van der Waals surface area contributed by atoms with Crippen LogP contribution in [-0.2, 0) is 24.6 Å². The number of amides is 4. The summed E-state index contributed by atoms with van der Waals surface area (Å²) >= 11 is 8.43. The molecule has 4 aromatic rings. The predicted molar refractivity (Wildman–Crippen MR) is 202 cm³/mol. The van der Waals surface area contributed by atoms with Crippen LogP contribution in [0.1, 0.15) is 47.2 Å². The Morgan fingerprint density at radius 2 is 1.60 bits per heavy atom. The number of rotatable bonds is 6. The van der Waals surface area contributed by atoms with Crippen LogP contribution in [0.3, 0.4) is 0 Å². The largest absolute Gasteiger partial charge is 0.504 e. The molecule has 52 heavy (non-hydrogen) atoms. The molecular formula is C41H32ClIN2O7. The van der Waals surface area contributed by atoms with Crippen molar-refractivity contribution in [2.75, 3.05) is 16.9 Å². The maximum atomic E-state index is 15.4. The molecule has 2 aliphatic heterocycles. The average molecular weight is 827 g/mol. The van der Waals surface area contributed by atoms with Gasteiger partial charge < -0.3 is 9.84 Å². The summed E-state index contributed by atoms with van der Waals surface area (Å²) in [5.41, 5.74) is 1.76. The van der Waals surface area contributed by atoms with E-state index in [4.69, 9.17) is 16.3 Å². The highest BCUT2D eigenvalue weighted by Crippen LogP contribution is 2.65. The minimum Gasteiger partial charge on any atom is -0.504 e. The van der Waals surface area contributed by atoms with Crippen molar-refractivity contribution in [2.24, 2.45) is 23.7 Å². The van der Waals surface area contributed by atoms with Gasteiger partial charge in [-0.2, -0.15) is 0 Å². The molecule has 6 atom stereocenters. The number of fused-ring (bicyclic) bond motifs is 4. The summed E-state index contributed by atoms with van der Waals surface area (Å²) in [4.78, 5) is 73.4. The maximum Gasteiger partial charge on any atom is 0.246 e. The topological polar surface area (TPSA) is 121 Å². The fourth-order valence-electron chi connectivity index (χ4n) is 9.13. The number of aromatic hydroxyl groups is 1. The number of methoxy groups -OCH3 is 1. The van der Waals surface area contributed by atoms with Crippen LogP contribution in [0.15, 0.2) is 103 Å². The number of carbonyl (C=O) groups excluding carboxylic acids is 5. The molecule has 4 aliphatic rings. The van der Waals surface area contributed by atoms with Gasteiger partial charge in [0.1, 0.15) is 0 Å². The normalized spacial score (nSPS) is 26.5. The monoisotopic (exact) mass is 826 g/mol. The Hall–Kier alpha value is -4.81. The van der Waals surface area contributed by atoms with Gasteiger partial charge in [-0.05, 0) is 114 Å². The Morgan fingerprint density at radius 3 is 2.27 bits per heavy atom. The molecular weight excluding hydrogens is 795 g/mol. The van der Waals surface area contributed by atoms with Crippen molar-refractivity contribution < 1.29 is 33.8 Å². The molecule has 2 saturated heterocycles. The Labute approximate surface area is 318 Å². The molecule has 8 rings (SSSR count). The van der Waals surface area contributed by atoms with Crippen molar-refractivity contribution in [3.8, 4) is 11.5 Å². The Kier molecular flexibility index (Phi) is 8.37. The second-order valence-electron chi connectivity index (χ2n) is 13.8. The van der Waals surface area contributed by atoms with E-state index in [9.17, 15) is 24.3 Å². The van der Waals surface area contributed by atoms with Crippen molar-refractivity contribution in [1.82, 2.24) is 0 Å². The molecule has 0 radical (unpaired) electrons. The number of imide groups is 2. The van der Waals surface area contributed by atoms with Crippen molar-refractivity contribution in [1.29, 1.82) is 0 Å². The second-order valence-corrected chi connectivity index (χ2v) is 15.4. The number of halogens is 2. The van der Waals surface area contributed by atoms with E-state index in [1.807, 2.05) is 59.0 Å². The van der Waals surface area contributed by atoms with Gasteiger partial charge in [-0.25, -0.2) is 4.90 Å². The molecule has 0 spiro atoms. The fraction of sp³-hybridized carbons (Fsp3) is 0.244. The highest BCUT2D eigenvalue weighted by molar-refractivity contribution is 14.1. The number of anilines is 2. The van der Waals surface area contributed by atoms with Gasteiger partial charge in [0.2, 0.25) is 23.6 Å². The van der Waals surface area contributed by atoms with Crippen LogP contribution in [0.5, 0.6) is 11.5 Å². The number of phenolic OH excluding ortho intramolecular Hbond substituents is 1. The third-order valence-electron chi connectivity index (χ3n) is 11.3. The van der Waals surface area contributed by atoms with Crippen molar-refractivity contribution >= 4 is 75.0 Å². The predicted octanol–water partition coefficient (Wildman–Crippen LogP) is 7.23. The van der Waals surface area contributed by atoms with Crippen molar-refractivity contribution in [2.45, 2.75) is 31.1 Å². The van der Waals surface area contributed by atoms with E-state index in [0.29, 0.717) is 36.7 Å². The van der Waals surface area contributed by atoms with E-state index in [-0.39, 0.29) is 41.9 Å². The number of Topliss-reactive ketones (excluding diaryl/α,β-unsaturated/α-hetero) is 1.